The van der Waals surface area contributed by atoms with Crippen molar-refractivity contribution in [1.29, 1.82) is 0 Å². The van der Waals surface area contributed by atoms with E-state index in [1.165, 1.54) is 0 Å². The first-order valence-corrected chi connectivity index (χ1v) is 8.54. The molecule has 3 nitrogen and oxygen atoms in total. The Kier molecular flexibility index (Phi) is 5.25. The first-order chi connectivity index (χ1) is 12.1. The van der Waals surface area contributed by atoms with Crippen molar-refractivity contribution in [3.63, 3.8) is 0 Å². The van der Waals surface area contributed by atoms with Crippen molar-refractivity contribution in [2.75, 3.05) is 7.11 Å². The molecule has 3 aromatic rings. The van der Waals surface area contributed by atoms with Crippen LogP contribution < -0.4 is 10.1 Å². The number of fused-ring (bicyclic) bond motifs is 1. The smallest absolute Gasteiger partial charge is 0.227 e. The lowest BCUT2D eigenvalue weighted by Gasteiger charge is -2.14. The van der Waals surface area contributed by atoms with Crippen molar-refractivity contribution < 1.29 is 9.53 Å². The van der Waals surface area contributed by atoms with Gasteiger partial charge in [0, 0.05) is 11.6 Å². The molecule has 0 spiro atoms. The molecule has 0 heterocycles. The average molecular weight is 354 g/mol. The van der Waals surface area contributed by atoms with E-state index in [4.69, 9.17) is 16.3 Å². The van der Waals surface area contributed by atoms with Gasteiger partial charge in [-0.05, 0) is 53.1 Å². The molecule has 0 bridgehead atoms. The van der Waals surface area contributed by atoms with Gasteiger partial charge >= 0.3 is 0 Å². The number of nitrogens with one attached hydrogen (secondary N) is 1. The molecular weight excluding hydrogens is 334 g/mol. The van der Waals surface area contributed by atoms with Crippen molar-refractivity contribution in [2.24, 2.45) is 0 Å². The van der Waals surface area contributed by atoms with Crippen LogP contribution in [-0.4, -0.2) is 13.0 Å². The topological polar surface area (TPSA) is 38.3 Å². The quantitative estimate of drug-likeness (QED) is 0.706. The number of rotatable bonds is 5. The van der Waals surface area contributed by atoms with Gasteiger partial charge in [0.2, 0.25) is 5.91 Å². The Balaban J connectivity index is 1.72. The van der Waals surface area contributed by atoms with Crippen LogP contribution in [0.3, 0.4) is 0 Å². The fourth-order valence-electron chi connectivity index (χ4n) is 2.78. The highest BCUT2D eigenvalue weighted by atomic mass is 35.5. The zero-order valence-corrected chi connectivity index (χ0v) is 15.0. The molecule has 0 saturated heterocycles. The van der Waals surface area contributed by atoms with E-state index < -0.39 is 0 Å². The van der Waals surface area contributed by atoms with Gasteiger partial charge < -0.3 is 10.1 Å². The minimum atomic E-state index is -0.231. The first kappa shape index (κ1) is 17.3. The fourth-order valence-corrected chi connectivity index (χ4v) is 2.99. The second kappa shape index (κ2) is 7.58. The third-order valence-electron chi connectivity index (χ3n) is 4.32. The molecule has 3 rings (SSSR count). The summed E-state index contributed by atoms with van der Waals surface area (Å²) < 4.78 is 5.25. The van der Waals surface area contributed by atoms with Crippen molar-refractivity contribution in [3.8, 4) is 5.75 Å². The van der Waals surface area contributed by atoms with E-state index in [2.05, 4.69) is 11.4 Å². The Morgan fingerprint density at radius 1 is 1.08 bits per heavy atom. The molecule has 4 heteroatoms. The maximum atomic E-state index is 12.5. The molecule has 25 heavy (non-hydrogen) atoms. The van der Waals surface area contributed by atoms with Crippen molar-refractivity contribution in [3.05, 3.63) is 76.8 Å². The number of benzene rings is 3. The second-order valence-electron chi connectivity index (χ2n) is 6.04. The number of carbonyl (C=O) groups is 1. The van der Waals surface area contributed by atoms with Crippen LogP contribution in [0, 0.1) is 0 Å². The zero-order valence-electron chi connectivity index (χ0n) is 14.3. The highest BCUT2D eigenvalue weighted by Gasteiger charge is 2.15. The number of halogens is 1. The van der Waals surface area contributed by atoms with E-state index in [1.807, 2.05) is 61.5 Å². The number of hydrogen-bond acceptors (Lipinski definition) is 2. The highest BCUT2D eigenvalue weighted by Crippen LogP contribution is 2.25. The van der Waals surface area contributed by atoms with Crippen LogP contribution in [0.15, 0.2) is 60.7 Å². The van der Waals surface area contributed by atoms with Gasteiger partial charge in [-0.1, -0.05) is 48.0 Å². The van der Waals surface area contributed by atoms with Crippen LogP contribution in [0.4, 0.5) is 0 Å². The van der Waals surface area contributed by atoms with Crippen LogP contribution in [0.5, 0.6) is 5.75 Å². The molecule has 0 aliphatic carbocycles. The summed E-state index contributed by atoms with van der Waals surface area (Å²) in [5, 5.41) is 5.83. The summed E-state index contributed by atoms with van der Waals surface area (Å²) >= 11 is 5.97. The fraction of sp³-hybridized carbons (Fsp3) is 0.190. The van der Waals surface area contributed by atoms with Crippen LogP contribution >= 0.6 is 11.6 Å². The third kappa shape index (κ3) is 4.12. The van der Waals surface area contributed by atoms with E-state index in [9.17, 15) is 4.79 Å². The molecule has 1 amide bonds. The molecule has 0 aliphatic heterocycles. The Morgan fingerprint density at radius 2 is 1.84 bits per heavy atom. The van der Waals surface area contributed by atoms with Crippen LogP contribution in [0.25, 0.3) is 10.8 Å². The van der Waals surface area contributed by atoms with Crippen molar-refractivity contribution >= 4 is 28.3 Å². The summed E-state index contributed by atoms with van der Waals surface area (Å²) in [4.78, 5) is 12.5. The van der Waals surface area contributed by atoms with E-state index in [0.717, 1.165) is 27.6 Å². The average Bonchev–Trinajstić information content (AvgIpc) is 2.64. The van der Waals surface area contributed by atoms with Gasteiger partial charge in [-0.2, -0.15) is 0 Å². The van der Waals surface area contributed by atoms with Gasteiger partial charge in [-0.25, -0.2) is 0 Å². The van der Waals surface area contributed by atoms with E-state index in [0.29, 0.717) is 11.6 Å². The summed E-state index contributed by atoms with van der Waals surface area (Å²) in [6.07, 6.45) is 0. The normalized spacial score (nSPS) is 12.0. The molecule has 0 unspecified atom stereocenters. The molecule has 1 atom stereocenters. The van der Waals surface area contributed by atoms with Crippen LogP contribution in [0.2, 0.25) is 5.02 Å². The Hall–Kier alpha value is -2.52. The standard InChI is InChI=1S/C21H20ClNO2/c1-14(21(24)23-13-15-4-3-5-19(22)10-15)16-6-7-18-12-20(25-2)9-8-17(18)11-16/h3-12,14H,13H2,1-2H3,(H,23,24)/t14-/m0/s1. The van der Waals surface area contributed by atoms with E-state index in [1.54, 1.807) is 7.11 Å². The molecule has 0 fully saturated rings. The van der Waals surface area contributed by atoms with Gasteiger partial charge in [-0.15, -0.1) is 0 Å². The monoisotopic (exact) mass is 353 g/mol. The Labute approximate surface area is 152 Å². The summed E-state index contributed by atoms with van der Waals surface area (Å²) in [6.45, 7) is 2.38. The van der Waals surface area contributed by atoms with Crippen molar-refractivity contribution in [2.45, 2.75) is 19.4 Å². The van der Waals surface area contributed by atoms with Crippen molar-refractivity contribution in [1.82, 2.24) is 5.32 Å². The van der Waals surface area contributed by atoms with E-state index in [-0.39, 0.29) is 11.8 Å². The SMILES string of the molecule is COc1ccc2cc([C@H](C)C(=O)NCc3cccc(Cl)c3)ccc2c1. The molecule has 0 saturated carbocycles. The lowest BCUT2D eigenvalue weighted by atomic mass is 9.97. The zero-order chi connectivity index (χ0) is 17.8. The molecule has 0 aliphatic rings. The predicted octanol–water partition coefficient (Wildman–Crippen LogP) is 4.92. The highest BCUT2D eigenvalue weighted by molar-refractivity contribution is 6.30. The molecule has 0 aromatic heterocycles. The maximum Gasteiger partial charge on any atom is 0.227 e. The maximum absolute atomic E-state index is 12.5. The summed E-state index contributed by atoms with van der Waals surface area (Å²) in [5.74, 6) is 0.589. The number of ether oxygens (including phenoxy) is 1. The Morgan fingerprint density at radius 3 is 2.60 bits per heavy atom. The van der Waals surface area contributed by atoms with Gasteiger partial charge in [0.1, 0.15) is 5.75 Å². The number of carbonyl (C=O) groups excluding carboxylic acids is 1. The lowest BCUT2D eigenvalue weighted by Crippen LogP contribution is -2.27. The van der Waals surface area contributed by atoms with Crippen LogP contribution in [-0.2, 0) is 11.3 Å². The summed E-state index contributed by atoms with van der Waals surface area (Å²) in [7, 11) is 1.65. The predicted molar refractivity (Wildman–Crippen MR) is 102 cm³/mol. The van der Waals surface area contributed by atoms with Gasteiger partial charge in [0.15, 0.2) is 0 Å². The summed E-state index contributed by atoms with van der Waals surface area (Å²) in [6, 6.07) is 19.5. The minimum absolute atomic E-state index is 0.00663. The number of methoxy groups -OCH3 is 1. The molecule has 0 radical (unpaired) electrons. The largest absolute Gasteiger partial charge is 0.497 e. The lowest BCUT2D eigenvalue weighted by molar-refractivity contribution is -0.122. The van der Waals surface area contributed by atoms with E-state index >= 15 is 0 Å². The molecule has 1 N–H and O–H groups in total. The van der Waals surface area contributed by atoms with Crippen LogP contribution in [0.1, 0.15) is 24.0 Å². The molecule has 128 valence electrons. The third-order valence-corrected chi connectivity index (χ3v) is 4.56. The Bertz CT molecular complexity index is 907. The van der Waals surface area contributed by atoms with Gasteiger partial charge in [-0.3, -0.25) is 4.79 Å². The minimum Gasteiger partial charge on any atom is -0.497 e. The molecule has 3 aromatic carbocycles. The second-order valence-corrected chi connectivity index (χ2v) is 6.48. The number of hydrogen-bond donors (Lipinski definition) is 1. The number of amides is 1. The van der Waals surface area contributed by atoms with Gasteiger partial charge in [0.25, 0.3) is 0 Å². The molecular formula is C21H20ClNO2. The van der Waals surface area contributed by atoms with Gasteiger partial charge in [0.05, 0.1) is 13.0 Å². The first-order valence-electron chi connectivity index (χ1n) is 8.16. The summed E-state index contributed by atoms with van der Waals surface area (Å²) in [5.41, 5.74) is 1.97.